The largest absolute Gasteiger partial charge is 0.326 e. The standard InChI is InChI=1S/C13H20N2/c1-9-3-5-11(6-4-9)12-7-13(14)10(2)15-8-12/h3-6,10,12-13,15H,7-8,14H2,1-2H3. The van der Waals surface area contributed by atoms with Crippen molar-refractivity contribution in [1.82, 2.24) is 5.32 Å². The van der Waals surface area contributed by atoms with Gasteiger partial charge in [-0.25, -0.2) is 0 Å². The fraction of sp³-hybridized carbons (Fsp3) is 0.538. The van der Waals surface area contributed by atoms with E-state index in [0.29, 0.717) is 12.0 Å². The van der Waals surface area contributed by atoms with Gasteiger partial charge in [-0.05, 0) is 31.7 Å². The van der Waals surface area contributed by atoms with E-state index in [4.69, 9.17) is 5.73 Å². The van der Waals surface area contributed by atoms with Crippen LogP contribution in [0.3, 0.4) is 0 Å². The van der Waals surface area contributed by atoms with Gasteiger partial charge in [0.2, 0.25) is 0 Å². The Kier molecular flexibility index (Phi) is 3.08. The fourth-order valence-electron chi connectivity index (χ4n) is 2.19. The number of benzene rings is 1. The SMILES string of the molecule is Cc1ccc(C2CNC(C)C(N)C2)cc1. The van der Waals surface area contributed by atoms with Gasteiger partial charge in [-0.15, -0.1) is 0 Å². The van der Waals surface area contributed by atoms with Gasteiger partial charge in [0.05, 0.1) is 0 Å². The lowest BCUT2D eigenvalue weighted by atomic mass is 9.86. The molecule has 3 N–H and O–H groups in total. The van der Waals surface area contributed by atoms with Crippen molar-refractivity contribution in [2.45, 2.75) is 38.3 Å². The van der Waals surface area contributed by atoms with Crippen LogP contribution in [0.2, 0.25) is 0 Å². The van der Waals surface area contributed by atoms with E-state index in [0.717, 1.165) is 13.0 Å². The summed E-state index contributed by atoms with van der Waals surface area (Å²) in [6.45, 7) is 5.34. The van der Waals surface area contributed by atoms with Crippen molar-refractivity contribution in [2.75, 3.05) is 6.54 Å². The highest BCUT2D eigenvalue weighted by atomic mass is 15.0. The Morgan fingerprint density at radius 1 is 1.27 bits per heavy atom. The van der Waals surface area contributed by atoms with E-state index in [2.05, 4.69) is 43.4 Å². The fourth-order valence-corrected chi connectivity index (χ4v) is 2.19. The second-order valence-electron chi connectivity index (χ2n) is 4.70. The van der Waals surface area contributed by atoms with Crippen LogP contribution < -0.4 is 11.1 Å². The molecule has 2 heteroatoms. The van der Waals surface area contributed by atoms with Crippen LogP contribution >= 0.6 is 0 Å². The van der Waals surface area contributed by atoms with E-state index in [1.54, 1.807) is 0 Å². The van der Waals surface area contributed by atoms with Crippen LogP contribution in [-0.4, -0.2) is 18.6 Å². The van der Waals surface area contributed by atoms with Crippen molar-refractivity contribution in [3.05, 3.63) is 35.4 Å². The van der Waals surface area contributed by atoms with Crippen molar-refractivity contribution in [3.8, 4) is 0 Å². The third-order valence-corrected chi connectivity index (χ3v) is 3.43. The third-order valence-electron chi connectivity index (χ3n) is 3.43. The van der Waals surface area contributed by atoms with Crippen LogP contribution in [0, 0.1) is 6.92 Å². The molecule has 3 unspecified atom stereocenters. The maximum atomic E-state index is 6.07. The first-order valence-corrected chi connectivity index (χ1v) is 5.72. The van der Waals surface area contributed by atoms with E-state index in [9.17, 15) is 0 Å². The maximum absolute atomic E-state index is 6.07. The maximum Gasteiger partial charge on any atom is 0.0198 e. The van der Waals surface area contributed by atoms with Crippen LogP contribution in [0.25, 0.3) is 0 Å². The van der Waals surface area contributed by atoms with Gasteiger partial charge in [0.25, 0.3) is 0 Å². The molecule has 15 heavy (non-hydrogen) atoms. The van der Waals surface area contributed by atoms with Gasteiger partial charge < -0.3 is 11.1 Å². The van der Waals surface area contributed by atoms with E-state index < -0.39 is 0 Å². The number of hydrogen-bond donors (Lipinski definition) is 2. The Morgan fingerprint density at radius 3 is 2.53 bits per heavy atom. The minimum atomic E-state index is 0.282. The molecular formula is C13H20N2. The zero-order valence-electron chi connectivity index (χ0n) is 9.53. The first kappa shape index (κ1) is 10.7. The van der Waals surface area contributed by atoms with Crippen LogP contribution in [-0.2, 0) is 0 Å². The minimum Gasteiger partial charge on any atom is -0.326 e. The molecule has 1 saturated heterocycles. The minimum absolute atomic E-state index is 0.282. The molecule has 0 aromatic heterocycles. The number of nitrogens with one attached hydrogen (secondary N) is 1. The summed E-state index contributed by atoms with van der Waals surface area (Å²) < 4.78 is 0. The van der Waals surface area contributed by atoms with Gasteiger partial charge in [-0.1, -0.05) is 29.8 Å². The number of hydrogen-bond acceptors (Lipinski definition) is 2. The van der Waals surface area contributed by atoms with Crippen molar-refractivity contribution in [3.63, 3.8) is 0 Å². The molecule has 0 radical (unpaired) electrons. The molecule has 1 aliphatic rings. The summed E-state index contributed by atoms with van der Waals surface area (Å²) in [6, 6.07) is 9.55. The molecule has 0 bridgehead atoms. The van der Waals surface area contributed by atoms with E-state index >= 15 is 0 Å². The predicted octanol–water partition coefficient (Wildman–Crippen LogP) is 1.79. The Morgan fingerprint density at radius 2 is 1.93 bits per heavy atom. The molecule has 1 aromatic carbocycles. The first-order valence-electron chi connectivity index (χ1n) is 5.72. The summed E-state index contributed by atoms with van der Waals surface area (Å²) in [4.78, 5) is 0. The normalized spacial score (nSPS) is 31.5. The number of piperidine rings is 1. The van der Waals surface area contributed by atoms with Gasteiger partial charge in [0, 0.05) is 18.6 Å². The zero-order valence-corrected chi connectivity index (χ0v) is 9.53. The number of rotatable bonds is 1. The summed E-state index contributed by atoms with van der Waals surface area (Å²) in [5.41, 5.74) is 8.81. The van der Waals surface area contributed by atoms with Crippen molar-refractivity contribution in [1.29, 1.82) is 0 Å². The van der Waals surface area contributed by atoms with Gasteiger partial charge >= 0.3 is 0 Å². The van der Waals surface area contributed by atoms with Crippen molar-refractivity contribution in [2.24, 2.45) is 5.73 Å². The average Bonchev–Trinajstić information content (AvgIpc) is 2.23. The zero-order chi connectivity index (χ0) is 10.8. The summed E-state index contributed by atoms with van der Waals surface area (Å²) in [5, 5.41) is 3.47. The van der Waals surface area contributed by atoms with Gasteiger partial charge in [-0.2, -0.15) is 0 Å². The van der Waals surface area contributed by atoms with Crippen molar-refractivity contribution < 1.29 is 0 Å². The molecule has 3 atom stereocenters. The van der Waals surface area contributed by atoms with Crippen LogP contribution in [0.4, 0.5) is 0 Å². The van der Waals surface area contributed by atoms with Gasteiger partial charge in [0.1, 0.15) is 0 Å². The molecule has 0 aliphatic carbocycles. The molecule has 1 heterocycles. The number of nitrogens with two attached hydrogens (primary N) is 1. The summed E-state index contributed by atoms with van der Waals surface area (Å²) in [6.07, 6.45) is 1.09. The molecular weight excluding hydrogens is 184 g/mol. The topological polar surface area (TPSA) is 38.0 Å². The Hall–Kier alpha value is -0.860. The quantitative estimate of drug-likeness (QED) is 0.732. The third kappa shape index (κ3) is 2.39. The molecule has 2 nitrogen and oxygen atoms in total. The molecule has 0 saturated carbocycles. The second-order valence-corrected chi connectivity index (χ2v) is 4.70. The van der Waals surface area contributed by atoms with Crippen LogP contribution in [0.1, 0.15) is 30.4 Å². The lowest BCUT2D eigenvalue weighted by molar-refractivity contribution is 0.337. The van der Waals surface area contributed by atoms with E-state index in [1.807, 2.05) is 0 Å². The Bertz CT molecular complexity index is 318. The lowest BCUT2D eigenvalue weighted by Crippen LogP contribution is -2.50. The molecule has 2 rings (SSSR count). The van der Waals surface area contributed by atoms with Crippen LogP contribution in [0.5, 0.6) is 0 Å². The summed E-state index contributed by atoms with van der Waals surface area (Å²) in [7, 11) is 0. The summed E-state index contributed by atoms with van der Waals surface area (Å²) in [5.74, 6) is 0.580. The molecule has 1 aliphatic heterocycles. The predicted molar refractivity (Wildman–Crippen MR) is 64.0 cm³/mol. The van der Waals surface area contributed by atoms with Gasteiger partial charge in [0.15, 0.2) is 0 Å². The highest BCUT2D eigenvalue weighted by molar-refractivity contribution is 5.25. The Balaban J connectivity index is 2.08. The molecule has 82 valence electrons. The molecule has 0 spiro atoms. The van der Waals surface area contributed by atoms with Gasteiger partial charge in [-0.3, -0.25) is 0 Å². The summed E-state index contributed by atoms with van der Waals surface area (Å²) >= 11 is 0. The highest BCUT2D eigenvalue weighted by Crippen LogP contribution is 2.24. The lowest BCUT2D eigenvalue weighted by Gasteiger charge is -2.33. The van der Waals surface area contributed by atoms with E-state index in [-0.39, 0.29) is 6.04 Å². The average molecular weight is 204 g/mol. The molecule has 0 amide bonds. The monoisotopic (exact) mass is 204 g/mol. The molecule has 1 aromatic rings. The van der Waals surface area contributed by atoms with E-state index in [1.165, 1.54) is 11.1 Å². The second kappa shape index (κ2) is 4.33. The molecule has 1 fully saturated rings. The number of aryl methyl sites for hydroxylation is 1. The Labute approximate surface area is 91.9 Å². The van der Waals surface area contributed by atoms with Crippen LogP contribution in [0.15, 0.2) is 24.3 Å². The van der Waals surface area contributed by atoms with Crippen molar-refractivity contribution >= 4 is 0 Å². The smallest absolute Gasteiger partial charge is 0.0198 e. The highest BCUT2D eigenvalue weighted by Gasteiger charge is 2.25. The first-order chi connectivity index (χ1) is 7.16.